The van der Waals surface area contributed by atoms with Gasteiger partial charge in [-0.25, -0.2) is 0 Å². The van der Waals surface area contributed by atoms with Gasteiger partial charge in [0.1, 0.15) is 6.04 Å². The molecule has 0 aliphatic heterocycles. The first-order valence-electron chi connectivity index (χ1n) is 4.52. The van der Waals surface area contributed by atoms with E-state index in [9.17, 15) is 4.79 Å². The molecule has 0 spiro atoms. The second-order valence-corrected chi connectivity index (χ2v) is 3.39. The van der Waals surface area contributed by atoms with Gasteiger partial charge in [-0.05, 0) is 19.8 Å². The zero-order valence-corrected chi connectivity index (χ0v) is 7.73. The number of hydrogen-bond acceptors (Lipinski definition) is 3. The molecular formula is C9H14N2O2. The van der Waals surface area contributed by atoms with Gasteiger partial charge in [0.2, 0.25) is 0 Å². The fourth-order valence-electron chi connectivity index (χ4n) is 1.42. The van der Waals surface area contributed by atoms with E-state index in [1.165, 1.54) is 0 Å². The standard InChI is InChI=1S/C9H14N2O2/c1-7(9(12)13)11(6-2-5-10)8-3-4-8/h7-8H,2-4,6H2,1H3,(H,12,13). The monoisotopic (exact) mass is 182 g/mol. The van der Waals surface area contributed by atoms with Gasteiger partial charge in [-0.3, -0.25) is 9.69 Å². The molecule has 0 aromatic rings. The maximum atomic E-state index is 10.7. The summed E-state index contributed by atoms with van der Waals surface area (Å²) in [6, 6.07) is 1.98. The van der Waals surface area contributed by atoms with Crippen molar-refractivity contribution < 1.29 is 9.90 Å². The molecule has 1 atom stereocenters. The summed E-state index contributed by atoms with van der Waals surface area (Å²) in [4.78, 5) is 12.6. The number of aliphatic carboxylic acids is 1. The SMILES string of the molecule is CC(C(=O)O)N(CCC#N)C1CC1. The summed E-state index contributed by atoms with van der Waals surface area (Å²) < 4.78 is 0. The van der Waals surface area contributed by atoms with Crippen LogP contribution in [0.4, 0.5) is 0 Å². The van der Waals surface area contributed by atoms with E-state index in [4.69, 9.17) is 10.4 Å². The van der Waals surface area contributed by atoms with Crippen molar-refractivity contribution in [3.8, 4) is 6.07 Å². The molecule has 1 aliphatic carbocycles. The number of nitrogens with zero attached hydrogens (tertiary/aromatic N) is 2. The van der Waals surface area contributed by atoms with Crippen molar-refractivity contribution >= 4 is 5.97 Å². The molecule has 0 amide bonds. The Hall–Kier alpha value is -1.08. The number of carboxylic acids is 1. The lowest BCUT2D eigenvalue weighted by Crippen LogP contribution is -2.41. The molecule has 0 aromatic carbocycles. The summed E-state index contributed by atoms with van der Waals surface area (Å²) in [5.41, 5.74) is 0. The summed E-state index contributed by atoms with van der Waals surface area (Å²) in [6.07, 6.45) is 2.56. The van der Waals surface area contributed by atoms with Gasteiger partial charge in [0, 0.05) is 19.0 Å². The van der Waals surface area contributed by atoms with Gasteiger partial charge >= 0.3 is 5.97 Å². The average Bonchev–Trinajstić information content (AvgIpc) is 2.88. The second-order valence-electron chi connectivity index (χ2n) is 3.39. The Labute approximate surface area is 77.8 Å². The highest BCUT2D eigenvalue weighted by Crippen LogP contribution is 2.28. The Morgan fingerprint density at radius 1 is 1.77 bits per heavy atom. The van der Waals surface area contributed by atoms with Crippen LogP contribution >= 0.6 is 0 Å². The fraction of sp³-hybridized carbons (Fsp3) is 0.778. The van der Waals surface area contributed by atoms with Gasteiger partial charge in [0.25, 0.3) is 0 Å². The highest BCUT2D eigenvalue weighted by molar-refractivity contribution is 5.73. The lowest BCUT2D eigenvalue weighted by molar-refractivity contribution is -0.142. The second kappa shape index (κ2) is 4.24. The van der Waals surface area contributed by atoms with E-state index >= 15 is 0 Å². The van der Waals surface area contributed by atoms with E-state index in [-0.39, 0.29) is 0 Å². The molecule has 4 nitrogen and oxygen atoms in total. The number of carbonyl (C=O) groups is 1. The molecule has 0 aromatic heterocycles. The van der Waals surface area contributed by atoms with Gasteiger partial charge in [-0.2, -0.15) is 5.26 Å². The lowest BCUT2D eigenvalue weighted by Gasteiger charge is -2.24. The van der Waals surface area contributed by atoms with E-state index in [1.807, 2.05) is 11.0 Å². The predicted octanol–water partition coefficient (Wildman–Crippen LogP) is 0.838. The van der Waals surface area contributed by atoms with Gasteiger partial charge < -0.3 is 5.11 Å². The highest BCUT2D eigenvalue weighted by Gasteiger charge is 2.34. The van der Waals surface area contributed by atoms with Crippen LogP contribution in [0, 0.1) is 11.3 Å². The third-order valence-electron chi connectivity index (χ3n) is 2.35. The quantitative estimate of drug-likeness (QED) is 0.684. The summed E-state index contributed by atoms with van der Waals surface area (Å²) >= 11 is 0. The molecule has 0 bridgehead atoms. The molecular weight excluding hydrogens is 168 g/mol. The van der Waals surface area contributed by atoms with Crippen LogP contribution in [0.1, 0.15) is 26.2 Å². The summed E-state index contributed by atoms with van der Waals surface area (Å²) in [5.74, 6) is -0.801. The number of nitriles is 1. The van der Waals surface area contributed by atoms with Gasteiger partial charge in [0.05, 0.1) is 6.07 Å². The normalized spacial score (nSPS) is 18.2. The van der Waals surface area contributed by atoms with Crippen LogP contribution in [-0.2, 0) is 4.79 Å². The van der Waals surface area contributed by atoms with Crippen molar-refractivity contribution in [1.29, 1.82) is 5.26 Å². The van der Waals surface area contributed by atoms with Crippen LogP contribution in [0.25, 0.3) is 0 Å². The Morgan fingerprint density at radius 3 is 2.77 bits per heavy atom. The molecule has 0 radical (unpaired) electrons. The molecule has 1 aliphatic rings. The van der Waals surface area contributed by atoms with Crippen molar-refractivity contribution in [3.05, 3.63) is 0 Å². The van der Waals surface area contributed by atoms with Gasteiger partial charge in [0.15, 0.2) is 0 Å². The zero-order valence-electron chi connectivity index (χ0n) is 7.73. The fourth-order valence-corrected chi connectivity index (χ4v) is 1.42. The van der Waals surface area contributed by atoms with E-state index in [2.05, 4.69) is 0 Å². The topological polar surface area (TPSA) is 64.3 Å². The van der Waals surface area contributed by atoms with E-state index in [0.29, 0.717) is 19.0 Å². The zero-order chi connectivity index (χ0) is 9.84. The molecule has 1 rings (SSSR count). The third-order valence-corrected chi connectivity index (χ3v) is 2.35. The van der Waals surface area contributed by atoms with Crippen molar-refractivity contribution in [1.82, 2.24) is 4.90 Å². The molecule has 4 heteroatoms. The molecule has 72 valence electrons. The van der Waals surface area contributed by atoms with Crippen molar-refractivity contribution in [2.75, 3.05) is 6.54 Å². The highest BCUT2D eigenvalue weighted by atomic mass is 16.4. The molecule has 13 heavy (non-hydrogen) atoms. The Balaban J connectivity index is 2.46. The van der Waals surface area contributed by atoms with Crippen LogP contribution < -0.4 is 0 Å². The number of rotatable bonds is 5. The maximum Gasteiger partial charge on any atom is 0.320 e. The first-order valence-corrected chi connectivity index (χ1v) is 4.52. The number of hydrogen-bond donors (Lipinski definition) is 1. The number of carboxylic acid groups (broad SMARTS) is 1. The Kier molecular flexibility index (Phi) is 3.26. The minimum Gasteiger partial charge on any atom is -0.480 e. The van der Waals surface area contributed by atoms with Crippen molar-refractivity contribution in [2.45, 2.75) is 38.3 Å². The Morgan fingerprint density at radius 2 is 2.38 bits per heavy atom. The first kappa shape index (κ1) is 10.0. The molecule has 0 saturated heterocycles. The Bertz CT molecular complexity index is 230. The van der Waals surface area contributed by atoms with E-state index in [0.717, 1.165) is 12.8 Å². The molecule has 1 unspecified atom stereocenters. The van der Waals surface area contributed by atoms with Crippen LogP contribution in [0.3, 0.4) is 0 Å². The van der Waals surface area contributed by atoms with Gasteiger partial charge in [-0.1, -0.05) is 0 Å². The lowest BCUT2D eigenvalue weighted by atomic mass is 10.2. The maximum absolute atomic E-state index is 10.7. The van der Waals surface area contributed by atoms with E-state index < -0.39 is 12.0 Å². The summed E-state index contributed by atoms with van der Waals surface area (Å²) in [5, 5.41) is 17.2. The largest absolute Gasteiger partial charge is 0.480 e. The molecule has 1 saturated carbocycles. The van der Waals surface area contributed by atoms with E-state index in [1.54, 1.807) is 6.92 Å². The molecule has 1 N–H and O–H groups in total. The average molecular weight is 182 g/mol. The van der Waals surface area contributed by atoms with Crippen molar-refractivity contribution in [2.24, 2.45) is 0 Å². The summed E-state index contributed by atoms with van der Waals surface area (Å²) in [6.45, 7) is 2.26. The van der Waals surface area contributed by atoms with Crippen molar-refractivity contribution in [3.63, 3.8) is 0 Å². The predicted molar refractivity (Wildman–Crippen MR) is 47.1 cm³/mol. The summed E-state index contributed by atoms with van der Waals surface area (Å²) in [7, 11) is 0. The first-order chi connectivity index (χ1) is 6.16. The smallest absolute Gasteiger partial charge is 0.320 e. The third kappa shape index (κ3) is 2.71. The van der Waals surface area contributed by atoms with Crippen LogP contribution in [0.5, 0.6) is 0 Å². The van der Waals surface area contributed by atoms with Crippen LogP contribution in [-0.4, -0.2) is 34.6 Å². The van der Waals surface area contributed by atoms with Gasteiger partial charge in [-0.15, -0.1) is 0 Å². The minimum atomic E-state index is -0.801. The van der Waals surface area contributed by atoms with Crippen LogP contribution in [0.15, 0.2) is 0 Å². The minimum absolute atomic E-state index is 0.402. The van der Waals surface area contributed by atoms with Crippen LogP contribution in [0.2, 0.25) is 0 Å². The molecule has 1 fully saturated rings. The molecule has 0 heterocycles.